The molecular formula is C53H36. The van der Waals surface area contributed by atoms with Crippen molar-refractivity contribution < 1.29 is 0 Å². The summed E-state index contributed by atoms with van der Waals surface area (Å²) in [5.74, 6) is 0. The van der Waals surface area contributed by atoms with Crippen molar-refractivity contribution in [1.82, 2.24) is 0 Å². The van der Waals surface area contributed by atoms with Crippen LogP contribution in [0.15, 0.2) is 182 Å². The summed E-state index contributed by atoms with van der Waals surface area (Å²) in [5.41, 5.74) is 13.0. The first-order chi connectivity index (χ1) is 26.1. The molecule has 0 aliphatic heterocycles. The van der Waals surface area contributed by atoms with E-state index in [0.717, 1.165) is 0 Å². The predicted molar refractivity (Wildman–Crippen MR) is 228 cm³/mol. The van der Waals surface area contributed by atoms with Crippen LogP contribution in [0.5, 0.6) is 0 Å². The van der Waals surface area contributed by atoms with Gasteiger partial charge in [0, 0.05) is 5.41 Å². The molecule has 1 aliphatic carbocycles. The van der Waals surface area contributed by atoms with E-state index in [2.05, 4.69) is 196 Å². The van der Waals surface area contributed by atoms with Gasteiger partial charge >= 0.3 is 0 Å². The predicted octanol–water partition coefficient (Wildman–Crippen LogP) is 14.8. The van der Waals surface area contributed by atoms with E-state index in [1.54, 1.807) is 0 Å². The Hall–Kier alpha value is -6.50. The Bertz CT molecular complexity index is 3080. The molecule has 248 valence electrons. The third kappa shape index (κ3) is 4.24. The van der Waals surface area contributed by atoms with Crippen molar-refractivity contribution in [3.8, 4) is 44.5 Å². The van der Waals surface area contributed by atoms with Crippen molar-refractivity contribution in [2.24, 2.45) is 0 Å². The van der Waals surface area contributed by atoms with Gasteiger partial charge in [0.05, 0.1) is 0 Å². The van der Waals surface area contributed by atoms with Crippen molar-refractivity contribution >= 4 is 53.9 Å². The van der Waals surface area contributed by atoms with Crippen molar-refractivity contribution in [3.63, 3.8) is 0 Å². The molecule has 0 aromatic heterocycles. The zero-order chi connectivity index (χ0) is 35.3. The molecule has 10 aromatic carbocycles. The summed E-state index contributed by atoms with van der Waals surface area (Å²) in [4.78, 5) is 0. The molecule has 0 radical (unpaired) electrons. The molecular weight excluding hydrogens is 637 g/mol. The summed E-state index contributed by atoms with van der Waals surface area (Å²) in [6.07, 6.45) is 0. The summed E-state index contributed by atoms with van der Waals surface area (Å²) in [6.45, 7) is 4.84. The van der Waals surface area contributed by atoms with Crippen LogP contribution in [0.4, 0.5) is 0 Å². The number of hydrogen-bond donors (Lipinski definition) is 0. The van der Waals surface area contributed by atoms with Crippen LogP contribution < -0.4 is 0 Å². The summed E-state index contributed by atoms with van der Waals surface area (Å²) in [5, 5.41) is 12.9. The maximum absolute atomic E-state index is 2.42. The summed E-state index contributed by atoms with van der Waals surface area (Å²) < 4.78 is 0. The fourth-order valence-corrected chi connectivity index (χ4v) is 9.75. The molecule has 0 fully saturated rings. The molecule has 0 heterocycles. The van der Waals surface area contributed by atoms with Crippen LogP contribution in [-0.4, -0.2) is 0 Å². The zero-order valence-electron chi connectivity index (χ0n) is 29.8. The highest BCUT2D eigenvalue weighted by Crippen LogP contribution is 2.58. The minimum atomic E-state index is -0.172. The van der Waals surface area contributed by atoms with E-state index in [9.17, 15) is 0 Å². The molecule has 0 unspecified atom stereocenters. The Morgan fingerprint density at radius 1 is 0.302 bits per heavy atom. The molecule has 10 aromatic rings. The van der Waals surface area contributed by atoms with Crippen LogP contribution in [0.3, 0.4) is 0 Å². The molecule has 0 nitrogen and oxygen atoms in total. The van der Waals surface area contributed by atoms with Crippen LogP contribution in [0.25, 0.3) is 98.4 Å². The van der Waals surface area contributed by atoms with Crippen molar-refractivity contribution in [3.05, 3.63) is 193 Å². The Balaban J connectivity index is 1.25. The lowest BCUT2D eigenvalue weighted by Gasteiger charge is -2.24. The molecule has 11 rings (SSSR count). The highest BCUT2D eigenvalue weighted by atomic mass is 14.4. The Morgan fingerprint density at radius 3 is 1.40 bits per heavy atom. The van der Waals surface area contributed by atoms with Crippen LogP contribution >= 0.6 is 0 Å². The molecule has 0 saturated heterocycles. The van der Waals surface area contributed by atoms with Gasteiger partial charge in [0.2, 0.25) is 0 Å². The fraction of sp³-hybridized carbons (Fsp3) is 0.0566. The molecule has 1 aliphatic rings. The van der Waals surface area contributed by atoms with E-state index in [1.807, 2.05) is 0 Å². The minimum Gasteiger partial charge on any atom is -0.0616 e. The quantitative estimate of drug-likeness (QED) is 0.129. The molecule has 0 atom stereocenters. The van der Waals surface area contributed by atoms with Gasteiger partial charge < -0.3 is 0 Å². The number of benzene rings is 10. The first-order valence-electron chi connectivity index (χ1n) is 18.7. The second kappa shape index (κ2) is 11.2. The monoisotopic (exact) mass is 672 g/mol. The molecule has 0 heteroatoms. The third-order valence-electron chi connectivity index (χ3n) is 12.0. The van der Waals surface area contributed by atoms with E-state index in [1.165, 1.54) is 109 Å². The first kappa shape index (κ1) is 30.2. The number of rotatable bonds is 3. The van der Waals surface area contributed by atoms with Gasteiger partial charge in [-0.15, -0.1) is 0 Å². The van der Waals surface area contributed by atoms with E-state index in [-0.39, 0.29) is 5.41 Å². The van der Waals surface area contributed by atoms with E-state index >= 15 is 0 Å². The maximum atomic E-state index is 2.42. The highest BCUT2D eigenvalue weighted by Gasteiger charge is 2.40. The summed E-state index contributed by atoms with van der Waals surface area (Å²) in [7, 11) is 0. The number of fused-ring (bicyclic) bond motifs is 11. The van der Waals surface area contributed by atoms with Gasteiger partial charge in [-0.05, 0) is 116 Å². The van der Waals surface area contributed by atoms with Gasteiger partial charge in [0.25, 0.3) is 0 Å². The average molecular weight is 673 g/mol. The average Bonchev–Trinajstić information content (AvgIpc) is 3.47. The van der Waals surface area contributed by atoms with Crippen molar-refractivity contribution in [1.29, 1.82) is 0 Å². The van der Waals surface area contributed by atoms with Crippen molar-refractivity contribution in [2.45, 2.75) is 19.3 Å². The van der Waals surface area contributed by atoms with Gasteiger partial charge in [-0.25, -0.2) is 0 Å². The first-order valence-corrected chi connectivity index (χ1v) is 18.7. The van der Waals surface area contributed by atoms with Crippen LogP contribution in [0, 0.1) is 0 Å². The standard InChI is InChI=1S/C53H36/c1-53(2)47-29-15-28-46(50(47)51-40-22-9-6-19-37(40)38-20-7-14-27-45(38)52(51)53)49-43-25-12-10-23-41(43)48(42-24-11-13-26-44(42)49)39-21-8-5-18-36(39)35-31-30-33-16-3-4-17-34(33)32-35/h3-32H,1-2H3. The SMILES string of the molecule is CC1(C)c2cccc(-c3c4ccccc4c(-c4ccccc4-c4ccc5ccccc5c4)c4ccccc34)c2-c2c1c1ccccc1c1ccccc21. The third-order valence-corrected chi connectivity index (χ3v) is 12.0. The van der Waals surface area contributed by atoms with Gasteiger partial charge in [-0.3, -0.25) is 0 Å². The second-order valence-corrected chi connectivity index (χ2v) is 15.1. The smallest absolute Gasteiger partial charge is 0.0165 e. The van der Waals surface area contributed by atoms with Crippen LogP contribution in [-0.2, 0) is 5.41 Å². The maximum Gasteiger partial charge on any atom is 0.0165 e. The van der Waals surface area contributed by atoms with E-state index in [0.29, 0.717) is 0 Å². The largest absolute Gasteiger partial charge is 0.0616 e. The highest BCUT2D eigenvalue weighted by molar-refractivity contribution is 6.26. The van der Waals surface area contributed by atoms with Crippen LogP contribution in [0.2, 0.25) is 0 Å². The van der Waals surface area contributed by atoms with E-state index in [4.69, 9.17) is 0 Å². The second-order valence-electron chi connectivity index (χ2n) is 15.1. The van der Waals surface area contributed by atoms with Crippen molar-refractivity contribution in [2.75, 3.05) is 0 Å². The molecule has 53 heavy (non-hydrogen) atoms. The van der Waals surface area contributed by atoms with Crippen LogP contribution in [0.1, 0.15) is 25.0 Å². The molecule has 0 saturated carbocycles. The molecule has 0 N–H and O–H groups in total. The lowest BCUT2D eigenvalue weighted by molar-refractivity contribution is 0.666. The van der Waals surface area contributed by atoms with E-state index < -0.39 is 0 Å². The lowest BCUT2D eigenvalue weighted by atomic mass is 9.79. The number of hydrogen-bond acceptors (Lipinski definition) is 0. The molecule has 0 bridgehead atoms. The minimum absolute atomic E-state index is 0.172. The Kier molecular flexibility index (Phi) is 6.40. The molecule has 0 amide bonds. The zero-order valence-corrected chi connectivity index (χ0v) is 29.8. The lowest BCUT2D eigenvalue weighted by Crippen LogP contribution is -2.15. The van der Waals surface area contributed by atoms with Gasteiger partial charge in [0.1, 0.15) is 0 Å². The fourth-order valence-electron chi connectivity index (χ4n) is 9.75. The summed E-state index contributed by atoms with van der Waals surface area (Å²) >= 11 is 0. The summed E-state index contributed by atoms with van der Waals surface area (Å²) in [6, 6.07) is 67.8. The topological polar surface area (TPSA) is 0 Å². The Morgan fingerprint density at radius 2 is 0.755 bits per heavy atom. The van der Waals surface area contributed by atoms with Gasteiger partial charge in [-0.1, -0.05) is 190 Å². The van der Waals surface area contributed by atoms with Gasteiger partial charge in [0.15, 0.2) is 0 Å². The normalized spacial score (nSPS) is 13.2. The molecule has 0 spiro atoms. The Labute approximate surface area is 309 Å². The van der Waals surface area contributed by atoms with Gasteiger partial charge in [-0.2, -0.15) is 0 Å².